The molecule has 5 nitrogen and oxygen atoms in total. The maximum Gasteiger partial charge on any atom is 1.00 e. The summed E-state index contributed by atoms with van der Waals surface area (Å²) in [5.74, 6) is -0.617. The van der Waals surface area contributed by atoms with Crippen LogP contribution in [0, 0.1) is 0 Å². The zero-order chi connectivity index (χ0) is 11.3. The molecule has 0 amide bonds. The van der Waals surface area contributed by atoms with Crippen LogP contribution in [0.5, 0.6) is 0 Å². The van der Waals surface area contributed by atoms with E-state index in [0.29, 0.717) is 12.3 Å². The van der Waals surface area contributed by atoms with Gasteiger partial charge in [0.25, 0.3) is 0 Å². The van der Waals surface area contributed by atoms with Crippen LogP contribution in [-0.4, -0.2) is 26.0 Å². The van der Waals surface area contributed by atoms with Crippen LogP contribution in [0.25, 0.3) is 0 Å². The molecule has 0 heterocycles. The van der Waals surface area contributed by atoms with E-state index in [-0.39, 0.29) is 29.6 Å². The van der Waals surface area contributed by atoms with Gasteiger partial charge < -0.3 is 14.6 Å². The second-order valence-electron chi connectivity index (χ2n) is 2.97. The normalized spacial score (nSPS) is 10.6. The summed E-state index contributed by atoms with van der Waals surface area (Å²) in [6.07, 6.45) is 0. The Morgan fingerprint density at radius 3 is 2.56 bits per heavy atom. The molecule has 0 aliphatic carbocycles. The van der Waals surface area contributed by atoms with E-state index in [1.165, 1.54) is 0 Å². The SMILES string of the molecule is COCc1ccccc1NCS(=O)(=O)[O-].[Na+]. The van der Waals surface area contributed by atoms with Crippen molar-refractivity contribution in [1.82, 2.24) is 0 Å². The van der Waals surface area contributed by atoms with Crippen molar-refractivity contribution in [3.63, 3.8) is 0 Å². The Morgan fingerprint density at radius 2 is 2.00 bits per heavy atom. The summed E-state index contributed by atoms with van der Waals surface area (Å²) in [7, 11) is -2.71. The molecule has 0 spiro atoms. The summed E-state index contributed by atoms with van der Waals surface area (Å²) >= 11 is 0. The fourth-order valence-electron chi connectivity index (χ4n) is 1.14. The number of hydrogen-bond donors (Lipinski definition) is 1. The molecule has 0 aliphatic rings. The molecule has 0 saturated heterocycles. The van der Waals surface area contributed by atoms with Gasteiger partial charge in [-0.15, -0.1) is 0 Å². The first kappa shape index (κ1) is 15.9. The van der Waals surface area contributed by atoms with Crippen molar-refractivity contribution in [2.75, 3.05) is 18.3 Å². The molecule has 0 aromatic heterocycles. The molecule has 0 aliphatic heterocycles. The molecule has 1 aromatic carbocycles. The fraction of sp³-hybridized carbons (Fsp3) is 0.333. The molecular formula is C9H12NNaO4S. The van der Waals surface area contributed by atoms with Crippen molar-refractivity contribution >= 4 is 15.8 Å². The summed E-state index contributed by atoms with van der Waals surface area (Å²) in [4.78, 5) is 0. The monoisotopic (exact) mass is 253 g/mol. The Hall–Kier alpha value is -0.110. The summed E-state index contributed by atoms with van der Waals surface area (Å²) in [6, 6.07) is 7.05. The van der Waals surface area contributed by atoms with Crippen LogP contribution in [-0.2, 0) is 21.5 Å². The van der Waals surface area contributed by atoms with Crippen molar-refractivity contribution in [2.45, 2.75) is 6.61 Å². The molecule has 0 radical (unpaired) electrons. The Bertz CT molecular complexity index is 421. The molecule has 7 heteroatoms. The smallest absolute Gasteiger partial charge is 0.747 e. The van der Waals surface area contributed by atoms with Crippen molar-refractivity contribution in [1.29, 1.82) is 0 Å². The average Bonchev–Trinajstić information content (AvgIpc) is 2.16. The largest absolute Gasteiger partial charge is 1.00 e. The van der Waals surface area contributed by atoms with Gasteiger partial charge >= 0.3 is 29.6 Å². The first-order valence-corrected chi connectivity index (χ1v) is 5.85. The van der Waals surface area contributed by atoms with Crippen molar-refractivity contribution in [3.05, 3.63) is 29.8 Å². The van der Waals surface area contributed by atoms with Crippen LogP contribution < -0.4 is 34.9 Å². The molecule has 0 fully saturated rings. The minimum atomic E-state index is -4.26. The Labute approximate surface area is 117 Å². The van der Waals surface area contributed by atoms with Gasteiger partial charge in [0.05, 0.1) is 6.61 Å². The first-order chi connectivity index (χ1) is 7.03. The molecule has 1 rings (SSSR count). The third-order valence-corrected chi connectivity index (χ3v) is 2.25. The van der Waals surface area contributed by atoms with Gasteiger partial charge in [0.1, 0.15) is 16.0 Å². The maximum absolute atomic E-state index is 10.4. The van der Waals surface area contributed by atoms with Crippen LogP contribution in [0.2, 0.25) is 0 Å². The van der Waals surface area contributed by atoms with Crippen LogP contribution in [0.4, 0.5) is 5.69 Å². The predicted molar refractivity (Wildman–Crippen MR) is 55.3 cm³/mol. The van der Waals surface area contributed by atoms with Crippen molar-refractivity contribution < 1.29 is 47.3 Å². The van der Waals surface area contributed by atoms with E-state index in [1.54, 1.807) is 25.3 Å². The van der Waals surface area contributed by atoms with Gasteiger partial charge in [-0.05, 0) is 6.07 Å². The van der Waals surface area contributed by atoms with Crippen LogP contribution >= 0.6 is 0 Å². The summed E-state index contributed by atoms with van der Waals surface area (Å²) < 4.78 is 36.2. The maximum atomic E-state index is 10.4. The van der Waals surface area contributed by atoms with E-state index < -0.39 is 16.0 Å². The third-order valence-electron chi connectivity index (χ3n) is 1.76. The molecule has 84 valence electrons. The predicted octanol–water partition coefficient (Wildman–Crippen LogP) is -2.25. The zero-order valence-corrected chi connectivity index (χ0v) is 12.1. The van der Waals surface area contributed by atoms with E-state index in [4.69, 9.17) is 4.74 Å². The van der Waals surface area contributed by atoms with Crippen molar-refractivity contribution in [3.8, 4) is 0 Å². The van der Waals surface area contributed by atoms with Crippen molar-refractivity contribution in [2.24, 2.45) is 0 Å². The van der Waals surface area contributed by atoms with Gasteiger partial charge in [0, 0.05) is 18.4 Å². The number of rotatable bonds is 5. The van der Waals surface area contributed by atoms with E-state index in [1.807, 2.05) is 6.07 Å². The topological polar surface area (TPSA) is 78.5 Å². The van der Waals surface area contributed by atoms with Gasteiger partial charge in [-0.2, -0.15) is 0 Å². The van der Waals surface area contributed by atoms with E-state index >= 15 is 0 Å². The molecule has 0 unspecified atom stereocenters. The van der Waals surface area contributed by atoms with E-state index in [2.05, 4.69) is 5.32 Å². The van der Waals surface area contributed by atoms with Crippen LogP contribution in [0.1, 0.15) is 5.56 Å². The summed E-state index contributed by atoms with van der Waals surface area (Å²) in [6.45, 7) is 0.363. The minimum Gasteiger partial charge on any atom is -0.747 e. The Balaban J connectivity index is 0.00000225. The molecule has 0 atom stereocenters. The van der Waals surface area contributed by atoms with Gasteiger partial charge in [-0.3, -0.25) is 0 Å². The van der Waals surface area contributed by atoms with Crippen LogP contribution in [0.15, 0.2) is 24.3 Å². The molecule has 0 saturated carbocycles. The number of benzene rings is 1. The van der Waals surface area contributed by atoms with Gasteiger partial charge in [0.2, 0.25) is 0 Å². The second kappa shape index (κ2) is 7.26. The average molecular weight is 253 g/mol. The van der Waals surface area contributed by atoms with E-state index in [0.717, 1.165) is 5.56 Å². The fourth-order valence-corrected chi connectivity index (χ4v) is 1.47. The number of para-hydroxylation sites is 1. The number of hydrogen-bond acceptors (Lipinski definition) is 5. The summed E-state index contributed by atoms with van der Waals surface area (Å²) in [5, 5.41) is 2.56. The number of methoxy groups -OCH3 is 1. The minimum absolute atomic E-state index is 0. The van der Waals surface area contributed by atoms with E-state index in [9.17, 15) is 13.0 Å². The standard InChI is InChI=1S/C9H13NO4S.Na/c1-14-6-8-4-2-3-5-9(8)10-7-15(11,12)13;/h2-5,10H,6-7H2,1H3,(H,11,12,13);/q;+1/p-1. The molecule has 1 aromatic rings. The number of anilines is 1. The third kappa shape index (κ3) is 5.83. The molecule has 0 bridgehead atoms. The molecule has 16 heavy (non-hydrogen) atoms. The van der Waals surface area contributed by atoms with Gasteiger partial charge in [-0.25, -0.2) is 8.42 Å². The quantitative estimate of drug-likeness (QED) is 0.474. The van der Waals surface area contributed by atoms with Gasteiger partial charge in [-0.1, -0.05) is 18.2 Å². The Kier molecular flexibility index (Phi) is 7.21. The zero-order valence-electron chi connectivity index (χ0n) is 9.26. The second-order valence-corrected chi connectivity index (χ2v) is 4.37. The molecule has 1 N–H and O–H groups in total. The Morgan fingerprint density at radius 1 is 1.38 bits per heavy atom. The number of ether oxygens (including phenoxy) is 1. The van der Waals surface area contributed by atoms with Gasteiger partial charge in [0.15, 0.2) is 0 Å². The molecular weight excluding hydrogens is 241 g/mol. The first-order valence-electron chi connectivity index (χ1n) is 4.27. The number of nitrogens with one attached hydrogen (secondary N) is 1. The summed E-state index contributed by atoms with van der Waals surface area (Å²) in [5.41, 5.74) is 1.41. The van der Waals surface area contributed by atoms with Crippen LogP contribution in [0.3, 0.4) is 0 Å².